The molecule has 0 N–H and O–H groups in total. The minimum Gasteiger partial charge on any atom is -0.361 e. The van der Waals surface area contributed by atoms with Gasteiger partial charge in [-0.1, -0.05) is 59.0 Å². The Hall–Kier alpha value is -2.62. The molecule has 0 spiro atoms. The van der Waals surface area contributed by atoms with Crippen molar-refractivity contribution in [3.63, 3.8) is 0 Å². The molecule has 150 valence electrons. The van der Waals surface area contributed by atoms with Crippen molar-refractivity contribution in [2.45, 2.75) is 27.9 Å². The van der Waals surface area contributed by atoms with Gasteiger partial charge in [-0.3, -0.25) is 4.57 Å². The van der Waals surface area contributed by atoms with Crippen LogP contribution in [0.3, 0.4) is 0 Å². The lowest BCUT2D eigenvalue weighted by molar-refractivity contribution is 0.393. The van der Waals surface area contributed by atoms with Gasteiger partial charge in [-0.15, -0.1) is 21.5 Å². The van der Waals surface area contributed by atoms with Crippen molar-refractivity contribution in [2.24, 2.45) is 0 Å². The maximum Gasteiger partial charge on any atom is 0.196 e. The van der Waals surface area contributed by atoms with E-state index >= 15 is 0 Å². The number of para-hydroxylation sites is 2. The standard InChI is InChI=1S/C21H17N5OS3/c1-14-11-15(25-27-14)12-28-20-24-23-19(26(20)16-7-3-2-4-8-16)13-29-21-22-17-9-5-6-10-18(17)30-21/h2-11H,12-13H2,1H3. The molecule has 0 aliphatic heterocycles. The van der Waals surface area contributed by atoms with E-state index < -0.39 is 0 Å². The normalized spacial score (nSPS) is 11.4. The Balaban J connectivity index is 1.40. The van der Waals surface area contributed by atoms with E-state index in [4.69, 9.17) is 9.51 Å². The van der Waals surface area contributed by atoms with Crippen molar-refractivity contribution < 1.29 is 4.52 Å². The highest BCUT2D eigenvalue weighted by atomic mass is 32.2. The molecule has 0 radical (unpaired) electrons. The van der Waals surface area contributed by atoms with E-state index in [2.05, 4.69) is 38.1 Å². The first-order chi connectivity index (χ1) is 14.8. The van der Waals surface area contributed by atoms with Crippen molar-refractivity contribution >= 4 is 45.1 Å². The predicted molar refractivity (Wildman–Crippen MR) is 121 cm³/mol. The third kappa shape index (κ3) is 4.14. The van der Waals surface area contributed by atoms with Crippen LogP contribution in [0.1, 0.15) is 17.3 Å². The lowest BCUT2D eigenvalue weighted by Gasteiger charge is -2.09. The maximum absolute atomic E-state index is 5.17. The average molecular weight is 452 g/mol. The van der Waals surface area contributed by atoms with Crippen molar-refractivity contribution in [2.75, 3.05) is 0 Å². The second kappa shape index (κ2) is 8.63. The third-order valence-corrected chi connectivity index (χ3v) is 7.48. The molecule has 0 bridgehead atoms. The number of nitrogens with zero attached hydrogens (tertiary/aromatic N) is 5. The summed E-state index contributed by atoms with van der Waals surface area (Å²) in [6.45, 7) is 1.89. The number of aryl methyl sites for hydroxylation is 1. The van der Waals surface area contributed by atoms with Gasteiger partial charge in [0.05, 0.1) is 21.7 Å². The van der Waals surface area contributed by atoms with Crippen LogP contribution in [0.4, 0.5) is 0 Å². The summed E-state index contributed by atoms with van der Waals surface area (Å²) in [4.78, 5) is 4.72. The van der Waals surface area contributed by atoms with Crippen LogP contribution in [0.5, 0.6) is 0 Å². The predicted octanol–water partition coefficient (Wildman–Crippen LogP) is 5.76. The monoisotopic (exact) mass is 451 g/mol. The zero-order chi connectivity index (χ0) is 20.3. The number of thioether (sulfide) groups is 2. The Labute approximate surface area is 185 Å². The Morgan fingerprint density at radius 1 is 0.967 bits per heavy atom. The molecule has 6 nitrogen and oxygen atoms in total. The quantitative estimate of drug-likeness (QED) is 0.291. The topological polar surface area (TPSA) is 69.6 Å². The Morgan fingerprint density at radius 2 is 1.80 bits per heavy atom. The summed E-state index contributed by atoms with van der Waals surface area (Å²) < 4.78 is 9.51. The van der Waals surface area contributed by atoms with Crippen LogP contribution in [-0.4, -0.2) is 24.9 Å². The summed E-state index contributed by atoms with van der Waals surface area (Å²) in [5.74, 6) is 3.06. The number of fused-ring (bicyclic) bond motifs is 1. The molecular formula is C21H17N5OS3. The van der Waals surface area contributed by atoms with Gasteiger partial charge in [-0.25, -0.2) is 4.98 Å². The molecule has 0 saturated carbocycles. The van der Waals surface area contributed by atoms with Gasteiger partial charge in [0.1, 0.15) is 11.6 Å². The molecule has 3 aromatic heterocycles. The van der Waals surface area contributed by atoms with Crippen molar-refractivity contribution in [1.29, 1.82) is 0 Å². The molecule has 5 aromatic rings. The van der Waals surface area contributed by atoms with Crippen molar-refractivity contribution in [3.8, 4) is 5.69 Å². The van der Waals surface area contributed by atoms with Crippen LogP contribution in [0, 0.1) is 6.92 Å². The van der Waals surface area contributed by atoms with Crippen LogP contribution in [0.2, 0.25) is 0 Å². The molecular weight excluding hydrogens is 434 g/mol. The molecule has 9 heteroatoms. The van der Waals surface area contributed by atoms with Gasteiger partial charge in [0.25, 0.3) is 0 Å². The van der Waals surface area contributed by atoms with E-state index in [1.807, 2.05) is 49.4 Å². The number of thiazole rings is 1. The molecule has 0 fully saturated rings. The smallest absolute Gasteiger partial charge is 0.196 e. The van der Waals surface area contributed by atoms with Crippen LogP contribution in [0.15, 0.2) is 74.7 Å². The second-order valence-corrected chi connectivity index (χ2v) is 9.72. The highest BCUT2D eigenvalue weighted by Crippen LogP contribution is 2.33. The maximum atomic E-state index is 5.17. The zero-order valence-corrected chi connectivity index (χ0v) is 18.5. The summed E-state index contributed by atoms with van der Waals surface area (Å²) in [6, 6.07) is 20.3. The Morgan fingerprint density at radius 3 is 2.60 bits per heavy atom. The third-order valence-electron chi connectivity index (χ3n) is 4.34. The SMILES string of the molecule is Cc1cc(CSc2nnc(CSc3nc4ccccc4s3)n2-c2ccccc2)no1. The van der Waals surface area contributed by atoms with E-state index in [9.17, 15) is 0 Å². The van der Waals surface area contributed by atoms with Gasteiger partial charge in [0, 0.05) is 17.5 Å². The van der Waals surface area contributed by atoms with E-state index in [-0.39, 0.29) is 0 Å². The summed E-state index contributed by atoms with van der Waals surface area (Å²) in [7, 11) is 0. The minimum atomic E-state index is 0.674. The fraction of sp³-hybridized carbons (Fsp3) is 0.143. The number of benzene rings is 2. The van der Waals surface area contributed by atoms with Crippen molar-refractivity contribution in [3.05, 3.63) is 77.9 Å². The van der Waals surface area contributed by atoms with Crippen LogP contribution in [-0.2, 0) is 11.5 Å². The van der Waals surface area contributed by atoms with E-state index in [1.165, 1.54) is 4.70 Å². The summed E-state index contributed by atoms with van der Waals surface area (Å²) in [5.41, 5.74) is 2.97. The number of hydrogen-bond acceptors (Lipinski definition) is 8. The van der Waals surface area contributed by atoms with Crippen LogP contribution < -0.4 is 0 Å². The Bertz CT molecular complexity index is 1250. The molecule has 5 rings (SSSR count). The lowest BCUT2D eigenvalue weighted by Crippen LogP contribution is -2.01. The first-order valence-electron chi connectivity index (χ1n) is 9.29. The first-order valence-corrected chi connectivity index (χ1v) is 12.1. The van der Waals surface area contributed by atoms with E-state index in [0.717, 1.165) is 38.0 Å². The highest BCUT2D eigenvalue weighted by Gasteiger charge is 2.16. The lowest BCUT2D eigenvalue weighted by atomic mass is 10.3. The molecule has 0 aliphatic rings. The number of aromatic nitrogens is 5. The molecule has 0 atom stereocenters. The number of hydrogen-bond donors (Lipinski definition) is 0. The molecule has 2 aromatic carbocycles. The zero-order valence-electron chi connectivity index (χ0n) is 16.1. The molecule has 0 saturated heterocycles. The van der Waals surface area contributed by atoms with Gasteiger partial charge in [0.15, 0.2) is 9.50 Å². The van der Waals surface area contributed by atoms with Gasteiger partial charge in [-0.05, 0) is 31.2 Å². The molecule has 0 amide bonds. The van der Waals surface area contributed by atoms with Gasteiger partial charge in [0.2, 0.25) is 0 Å². The fourth-order valence-corrected chi connectivity index (χ4v) is 5.82. The van der Waals surface area contributed by atoms with Crippen molar-refractivity contribution in [1.82, 2.24) is 24.9 Å². The highest BCUT2D eigenvalue weighted by molar-refractivity contribution is 8.00. The van der Waals surface area contributed by atoms with Gasteiger partial charge in [-0.2, -0.15) is 0 Å². The molecule has 30 heavy (non-hydrogen) atoms. The van der Waals surface area contributed by atoms with Crippen LogP contribution in [0.25, 0.3) is 15.9 Å². The van der Waals surface area contributed by atoms with Crippen LogP contribution >= 0.6 is 34.9 Å². The largest absolute Gasteiger partial charge is 0.361 e. The Kier molecular flexibility index (Phi) is 5.56. The summed E-state index contributed by atoms with van der Waals surface area (Å²) >= 11 is 4.99. The van der Waals surface area contributed by atoms with Gasteiger partial charge < -0.3 is 4.52 Å². The molecule has 0 unspecified atom stereocenters. The molecule has 3 heterocycles. The minimum absolute atomic E-state index is 0.674. The second-order valence-electron chi connectivity index (χ2n) is 6.52. The summed E-state index contributed by atoms with van der Waals surface area (Å²) in [6.07, 6.45) is 0. The molecule has 0 aliphatic carbocycles. The van der Waals surface area contributed by atoms with E-state index in [0.29, 0.717) is 11.5 Å². The first kappa shape index (κ1) is 19.3. The number of rotatable bonds is 7. The fourth-order valence-electron chi connectivity index (χ4n) is 2.99. The summed E-state index contributed by atoms with van der Waals surface area (Å²) in [5, 5.41) is 13.8. The van der Waals surface area contributed by atoms with Gasteiger partial charge >= 0.3 is 0 Å². The van der Waals surface area contributed by atoms with E-state index in [1.54, 1.807) is 34.9 Å². The average Bonchev–Trinajstić information content (AvgIpc) is 3.49.